The van der Waals surface area contributed by atoms with Crippen LogP contribution in [0.1, 0.15) is 79.6 Å². The van der Waals surface area contributed by atoms with Crippen LogP contribution in [0.3, 0.4) is 0 Å². The van der Waals surface area contributed by atoms with E-state index in [4.69, 9.17) is 10.7 Å². The maximum Gasteiger partial charge on any atom is 0.254 e. The van der Waals surface area contributed by atoms with Gasteiger partial charge in [0.05, 0.1) is 5.60 Å². The minimum atomic E-state index is -0.906. The molecule has 2 aliphatic carbocycles. The molecule has 1 aromatic heterocycles. The minimum absolute atomic E-state index is 0.0865. The summed E-state index contributed by atoms with van der Waals surface area (Å²) in [5, 5.41) is 10.2. The fourth-order valence-electron chi connectivity index (χ4n) is 4.93. The summed E-state index contributed by atoms with van der Waals surface area (Å²) in [7, 11) is 0. The Bertz CT molecular complexity index is 903. The number of amides is 1. The lowest BCUT2D eigenvalue weighted by Crippen LogP contribution is -2.48. The molecule has 0 spiro atoms. The van der Waals surface area contributed by atoms with E-state index in [-0.39, 0.29) is 17.4 Å². The first kappa shape index (κ1) is 22.0. The van der Waals surface area contributed by atoms with Crippen LogP contribution in [-0.2, 0) is 11.0 Å². The third-order valence-electron chi connectivity index (χ3n) is 7.16. The summed E-state index contributed by atoms with van der Waals surface area (Å²) in [5.41, 5.74) is 9.04. The summed E-state index contributed by atoms with van der Waals surface area (Å²) in [6.07, 6.45) is 7.93. The summed E-state index contributed by atoms with van der Waals surface area (Å²) >= 11 is 0. The highest BCUT2D eigenvalue weighted by atomic mass is 16.3. The molecule has 0 aliphatic heterocycles. The molecule has 4 rings (SSSR count). The van der Waals surface area contributed by atoms with Gasteiger partial charge in [0, 0.05) is 41.5 Å². The van der Waals surface area contributed by atoms with Gasteiger partial charge in [-0.3, -0.25) is 9.78 Å². The fourth-order valence-corrected chi connectivity index (χ4v) is 4.93. The van der Waals surface area contributed by atoms with E-state index in [2.05, 4.69) is 24.0 Å². The summed E-state index contributed by atoms with van der Waals surface area (Å²) < 4.78 is 0. The standard InChI is InChI=1S/C26H35N3O2/c1-18-4-11-23(28-16-18)26(17-27)14-12-22(13-15-26)29(21-9-10-21)24(30)19-5-7-20(8-6-19)25(2,3)31/h4-8,11,16,21-22,31H,9-10,12-15,17,27H2,1-3H3. The molecule has 166 valence electrons. The third kappa shape index (κ3) is 4.53. The monoisotopic (exact) mass is 421 g/mol. The number of rotatable bonds is 6. The molecule has 5 nitrogen and oxygen atoms in total. The van der Waals surface area contributed by atoms with E-state index < -0.39 is 5.60 Å². The van der Waals surface area contributed by atoms with Crippen LogP contribution in [0.25, 0.3) is 0 Å². The number of aromatic nitrogens is 1. The molecule has 5 heteroatoms. The van der Waals surface area contributed by atoms with Crippen molar-refractivity contribution in [2.45, 2.75) is 82.4 Å². The normalized spacial score (nSPS) is 24.1. The topological polar surface area (TPSA) is 79.5 Å². The molecule has 2 aromatic rings. The van der Waals surface area contributed by atoms with Gasteiger partial charge < -0.3 is 15.7 Å². The van der Waals surface area contributed by atoms with Crippen molar-refractivity contribution in [3.63, 3.8) is 0 Å². The van der Waals surface area contributed by atoms with Crippen LogP contribution in [-0.4, -0.2) is 39.5 Å². The number of hydrogen-bond acceptors (Lipinski definition) is 4. The Hall–Kier alpha value is -2.24. The molecule has 0 bridgehead atoms. The van der Waals surface area contributed by atoms with Gasteiger partial charge in [0.2, 0.25) is 0 Å². The molecular formula is C26H35N3O2. The van der Waals surface area contributed by atoms with Gasteiger partial charge in [-0.25, -0.2) is 0 Å². The van der Waals surface area contributed by atoms with Crippen molar-refractivity contribution < 1.29 is 9.90 Å². The summed E-state index contributed by atoms with van der Waals surface area (Å²) in [6.45, 7) is 6.16. The number of benzene rings is 1. The highest BCUT2D eigenvalue weighted by Crippen LogP contribution is 2.42. The number of carbonyl (C=O) groups is 1. The van der Waals surface area contributed by atoms with Gasteiger partial charge >= 0.3 is 0 Å². The number of nitrogens with zero attached hydrogens (tertiary/aromatic N) is 2. The third-order valence-corrected chi connectivity index (χ3v) is 7.16. The van der Waals surface area contributed by atoms with Crippen LogP contribution in [0.15, 0.2) is 42.6 Å². The molecule has 0 radical (unpaired) electrons. The Morgan fingerprint density at radius 3 is 2.19 bits per heavy atom. The van der Waals surface area contributed by atoms with E-state index in [9.17, 15) is 9.90 Å². The van der Waals surface area contributed by atoms with Gasteiger partial charge in [-0.2, -0.15) is 0 Å². The second kappa shape index (κ2) is 8.36. The molecule has 31 heavy (non-hydrogen) atoms. The van der Waals surface area contributed by atoms with Crippen molar-refractivity contribution in [1.29, 1.82) is 0 Å². The molecule has 0 unspecified atom stereocenters. The first-order valence-corrected chi connectivity index (χ1v) is 11.5. The van der Waals surface area contributed by atoms with Gasteiger partial charge in [0.1, 0.15) is 0 Å². The van der Waals surface area contributed by atoms with Crippen molar-refractivity contribution in [2.75, 3.05) is 6.54 Å². The van der Waals surface area contributed by atoms with Crippen LogP contribution in [0, 0.1) is 6.92 Å². The summed E-state index contributed by atoms with van der Waals surface area (Å²) in [5.74, 6) is 0.114. The lowest BCUT2D eigenvalue weighted by molar-refractivity contribution is 0.0569. The molecule has 3 N–H and O–H groups in total. The van der Waals surface area contributed by atoms with Gasteiger partial charge in [0.15, 0.2) is 0 Å². The maximum atomic E-state index is 13.5. The van der Waals surface area contributed by atoms with Gasteiger partial charge in [-0.1, -0.05) is 18.2 Å². The first-order chi connectivity index (χ1) is 14.7. The Morgan fingerprint density at radius 2 is 1.71 bits per heavy atom. The number of aryl methyl sites for hydroxylation is 1. The first-order valence-electron chi connectivity index (χ1n) is 11.5. The lowest BCUT2D eigenvalue weighted by Gasteiger charge is -2.43. The van der Waals surface area contributed by atoms with E-state index in [0.29, 0.717) is 18.2 Å². The Balaban J connectivity index is 1.50. The predicted molar refractivity (Wildman–Crippen MR) is 123 cm³/mol. The van der Waals surface area contributed by atoms with Gasteiger partial charge in [-0.05, 0) is 88.6 Å². The molecule has 0 atom stereocenters. The smallest absolute Gasteiger partial charge is 0.254 e. The quantitative estimate of drug-likeness (QED) is 0.737. The SMILES string of the molecule is Cc1ccc(C2(CN)CCC(N(C(=O)c3ccc(C(C)(C)O)cc3)C3CC3)CC2)nc1. The van der Waals surface area contributed by atoms with Crippen LogP contribution < -0.4 is 5.73 Å². The van der Waals surface area contributed by atoms with E-state index in [1.807, 2.05) is 30.5 Å². The van der Waals surface area contributed by atoms with Crippen molar-refractivity contribution in [1.82, 2.24) is 9.88 Å². The average molecular weight is 422 g/mol. The second-order valence-corrected chi connectivity index (χ2v) is 10.0. The molecule has 1 heterocycles. The van der Waals surface area contributed by atoms with E-state index in [1.165, 1.54) is 0 Å². The molecule has 2 saturated carbocycles. The molecule has 1 aromatic carbocycles. The summed E-state index contributed by atoms with van der Waals surface area (Å²) in [4.78, 5) is 20.3. The van der Waals surface area contributed by atoms with Crippen LogP contribution in [0.4, 0.5) is 0 Å². The zero-order valence-corrected chi connectivity index (χ0v) is 19.0. The fraction of sp³-hybridized carbons (Fsp3) is 0.538. The van der Waals surface area contributed by atoms with E-state index in [0.717, 1.165) is 55.3 Å². The lowest BCUT2D eigenvalue weighted by atomic mass is 9.69. The van der Waals surface area contributed by atoms with Crippen LogP contribution in [0.2, 0.25) is 0 Å². The molecule has 2 fully saturated rings. The van der Waals surface area contributed by atoms with Gasteiger partial charge in [0.25, 0.3) is 5.91 Å². The molecule has 0 saturated heterocycles. The minimum Gasteiger partial charge on any atom is -0.386 e. The number of hydrogen-bond donors (Lipinski definition) is 2. The molecular weight excluding hydrogens is 386 g/mol. The van der Waals surface area contributed by atoms with E-state index in [1.54, 1.807) is 13.8 Å². The van der Waals surface area contributed by atoms with Crippen molar-refractivity contribution in [2.24, 2.45) is 5.73 Å². The number of nitrogens with two attached hydrogens (primary N) is 1. The zero-order valence-electron chi connectivity index (χ0n) is 19.0. The second-order valence-electron chi connectivity index (χ2n) is 10.0. The molecule has 2 aliphatic rings. The number of pyridine rings is 1. The van der Waals surface area contributed by atoms with Crippen molar-refractivity contribution in [3.05, 3.63) is 65.0 Å². The number of aliphatic hydroxyl groups is 1. The maximum absolute atomic E-state index is 13.5. The predicted octanol–water partition coefficient (Wildman–Crippen LogP) is 4.06. The van der Waals surface area contributed by atoms with Gasteiger partial charge in [-0.15, -0.1) is 0 Å². The van der Waals surface area contributed by atoms with Crippen LogP contribution in [0.5, 0.6) is 0 Å². The number of carbonyl (C=O) groups excluding carboxylic acids is 1. The zero-order chi connectivity index (χ0) is 22.2. The molecule has 1 amide bonds. The van der Waals surface area contributed by atoms with E-state index >= 15 is 0 Å². The largest absolute Gasteiger partial charge is 0.386 e. The highest BCUT2D eigenvalue weighted by Gasteiger charge is 2.43. The summed E-state index contributed by atoms with van der Waals surface area (Å²) in [6, 6.07) is 12.3. The average Bonchev–Trinajstić information content (AvgIpc) is 3.59. The van der Waals surface area contributed by atoms with Crippen molar-refractivity contribution >= 4 is 5.91 Å². The Kier molecular flexibility index (Phi) is 5.93. The van der Waals surface area contributed by atoms with Crippen LogP contribution >= 0.6 is 0 Å². The Labute approximate surface area is 185 Å². The van der Waals surface area contributed by atoms with Crippen molar-refractivity contribution in [3.8, 4) is 0 Å². The Morgan fingerprint density at radius 1 is 1.10 bits per heavy atom. The highest BCUT2D eigenvalue weighted by molar-refractivity contribution is 5.95.